The van der Waals surface area contributed by atoms with Gasteiger partial charge in [-0.1, -0.05) is 78.7 Å². The quantitative estimate of drug-likeness (QED) is 0.384. The Labute approximate surface area is 239 Å². The Morgan fingerprint density at radius 3 is 2.46 bits per heavy atom. The van der Waals surface area contributed by atoms with Gasteiger partial charge in [0, 0.05) is 31.6 Å². The number of nitrogens with one attached hydrogen (secondary N) is 1. The number of halogens is 2. The van der Waals surface area contributed by atoms with Crippen molar-refractivity contribution in [1.29, 1.82) is 0 Å². The van der Waals surface area contributed by atoms with Crippen LogP contribution in [0, 0.1) is 5.92 Å². The summed E-state index contributed by atoms with van der Waals surface area (Å²) in [4.78, 5) is 30.2. The molecule has 3 amide bonds. The molecule has 0 fully saturated rings. The molecule has 0 aliphatic carbocycles. The van der Waals surface area contributed by atoms with Crippen molar-refractivity contribution in [2.75, 3.05) is 32.1 Å². The first kappa shape index (κ1) is 28.9. The number of rotatable bonds is 5. The van der Waals surface area contributed by atoms with Crippen LogP contribution in [0.15, 0.2) is 66.7 Å². The number of carbonyl (C=O) groups is 2. The number of aliphatic hydroxyl groups excluding tert-OH is 1. The first-order chi connectivity index (χ1) is 18.7. The van der Waals surface area contributed by atoms with Crippen molar-refractivity contribution in [3.8, 4) is 11.1 Å². The van der Waals surface area contributed by atoms with Crippen molar-refractivity contribution in [2.45, 2.75) is 32.6 Å². The summed E-state index contributed by atoms with van der Waals surface area (Å²) >= 11 is 12.4. The first-order valence-corrected chi connectivity index (χ1v) is 13.6. The molecule has 4 rings (SSSR count). The maximum atomic E-state index is 13.9. The predicted octanol–water partition coefficient (Wildman–Crippen LogP) is 6.18. The third-order valence-electron chi connectivity index (χ3n) is 7.09. The minimum atomic E-state index is -0.411. The van der Waals surface area contributed by atoms with Crippen LogP contribution in [0.4, 0.5) is 10.5 Å². The number of amides is 3. The number of urea groups is 1. The zero-order chi connectivity index (χ0) is 28.1. The molecule has 3 aromatic rings. The van der Waals surface area contributed by atoms with Gasteiger partial charge in [0.25, 0.3) is 5.91 Å². The van der Waals surface area contributed by atoms with E-state index >= 15 is 0 Å². The second-order valence-corrected chi connectivity index (χ2v) is 10.7. The predicted molar refractivity (Wildman–Crippen MR) is 155 cm³/mol. The topological polar surface area (TPSA) is 82.1 Å². The van der Waals surface area contributed by atoms with Crippen LogP contribution in [0.2, 0.25) is 10.0 Å². The summed E-state index contributed by atoms with van der Waals surface area (Å²) in [5, 5.41) is 13.4. The van der Waals surface area contributed by atoms with Gasteiger partial charge in [0.1, 0.15) is 0 Å². The average Bonchev–Trinajstić information content (AvgIpc) is 2.96. The van der Waals surface area contributed by atoms with Crippen LogP contribution in [0.1, 0.15) is 29.8 Å². The molecule has 7 nitrogen and oxygen atoms in total. The molecule has 1 heterocycles. The number of benzene rings is 3. The van der Waals surface area contributed by atoms with E-state index in [4.69, 9.17) is 27.9 Å². The number of carbonyl (C=O) groups excluding carboxylic acids is 2. The van der Waals surface area contributed by atoms with Crippen LogP contribution < -0.4 is 5.32 Å². The van der Waals surface area contributed by atoms with Crippen LogP contribution in [0.25, 0.3) is 11.1 Å². The molecule has 0 aromatic heterocycles. The molecule has 3 aromatic carbocycles. The molecule has 1 aliphatic rings. The van der Waals surface area contributed by atoms with E-state index in [1.807, 2.05) is 62.4 Å². The van der Waals surface area contributed by atoms with Gasteiger partial charge in [-0.15, -0.1) is 0 Å². The number of fused-ring (bicyclic) bond motifs is 3. The lowest BCUT2D eigenvalue weighted by Gasteiger charge is -2.35. The number of nitrogens with zero attached hydrogens (tertiary/aromatic N) is 2. The highest BCUT2D eigenvalue weighted by Gasteiger charge is 2.31. The van der Waals surface area contributed by atoms with E-state index in [-0.39, 0.29) is 36.0 Å². The van der Waals surface area contributed by atoms with Gasteiger partial charge in [-0.3, -0.25) is 4.79 Å². The molecule has 3 atom stereocenters. The van der Waals surface area contributed by atoms with Gasteiger partial charge in [0.2, 0.25) is 0 Å². The lowest BCUT2D eigenvalue weighted by atomic mass is 9.94. The zero-order valence-corrected chi connectivity index (χ0v) is 23.7. The van der Waals surface area contributed by atoms with Crippen molar-refractivity contribution < 1.29 is 19.4 Å². The Balaban J connectivity index is 1.65. The summed E-state index contributed by atoms with van der Waals surface area (Å²) in [6.07, 6.45) is -0.411. The molecule has 206 valence electrons. The van der Waals surface area contributed by atoms with Crippen LogP contribution in [0.5, 0.6) is 0 Å². The second-order valence-electron chi connectivity index (χ2n) is 9.93. The summed E-state index contributed by atoms with van der Waals surface area (Å²) in [5.41, 5.74) is 3.66. The van der Waals surface area contributed by atoms with Crippen molar-refractivity contribution in [2.24, 2.45) is 5.92 Å². The summed E-state index contributed by atoms with van der Waals surface area (Å²) < 4.78 is 6.47. The monoisotopic (exact) mass is 569 g/mol. The van der Waals surface area contributed by atoms with Crippen LogP contribution in [0.3, 0.4) is 0 Å². The van der Waals surface area contributed by atoms with Gasteiger partial charge in [-0.25, -0.2) is 4.79 Å². The molecule has 0 spiro atoms. The molecule has 39 heavy (non-hydrogen) atoms. The Morgan fingerprint density at radius 2 is 1.74 bits per heavy atom. The molecule has 1 aliphatic heterocycles. The minimum absolute atomic E-state index is 0.156. The van der Waals surface area contributed by atoms with E-state index in [1.54, 1.807) is 30.1 Å². The Kier molecular flexibility index (Phi) is 9.51. The average molecular weight is 571 g/mol. The van der Waals surface area contributed by atoms with Crippen molar-refractivity contribution >= 4 is 40.8 Å². The van der Waals surface area contributed by atoms with Crippen LogP contribution >= 0.6 is 23.2 Å². The van der Waals surface area contributed by atoms with E-state index in [9.17, 15) is 14.7 Å². The van der Waals surface area contributed by atoms with Gasteiger partial charge in [0.05, 0.1) is 41.1 Å². The SMILES string of the molecule is C[C@@H]1CN([C@@H](C)CO)C(=O)c2ccccc2-c2ccccc2CO[C@H]1CN(C)C(=O)Nc1cccc(Cl)c1Cl. The maximum Gasteiger partial charge on any atom is 0.321 e. The molecule has 9 heteroatoms. The van der Waals surface area contributed by atoms with Crippen molar-refractivity contribution in [3.05, 3.63) is 87.9 Å². The maximum absolute atomic E-state index is 13.9. The van der Waals surface area contributed by atoms with E-state index < -0.39 is 12.1 Å². The second kappa shape index (κ2) is 12.8. The number of anilines is 1. The molecule has 0 radical (unpaired) electrons. The summed E-state index contributed by atoms with van der Waals surface area (Å²) in [5.74, 6) is -0.318. The number of ether oxygens (including phenoxy) is 1. The number of hydrogen-bond acceptors (Lipinski definition) is 4. The zero-order valence-electron chi connectivity index (χ0n) is 22.2. The highest BCUT2D eigenvalue weighted by atomic mass is 35.5. The standard InChI is InChI=1S/C30H33Cl2N3O4/c1-19-15-35(20(2)17-36)29(37)24-12-7-6-11-23(24)22-10-5-4-9-21(22)18-39-27(19)16-34(3)30(38)33-26-14-8-13-25(31)28(26)32/h4-14,19-20,27,36H,15-18H2,1-3H3,(H,33,38)/t19-,20+,27+/m1/s1. The third-order valence-corrected chi connectivity index (χ3v) is 7.91. The smallest absolute Gasteiger partial charge is 0.321 e. The molecule has 0 unspecified atom stereocenters. The molecular formula is C30H33Cl2N3O4. The lowest BCUT2D eigenvalue weighted by Crippen LogP contribution is -2.48. The minimum Gasteiger partial charge on any atom is -0.394 e. The van der Waals surface area contributed by atoms with Crippen molar-refractivity contribution in [1.82, 2.24) is 9.80 Å². The fourth-order valence-electron chi connectivity index (χ4n) is 4.72. The van der Waals surface area contributed by atoms with E-state index in [0.717, 1.165) is 16.7 Å². The Morgan fingerprint density at radius 1 is 1.08 bits per heavy atom. The van der Waals surface area contributed by atoms with Crippen molar-refractivity contribution in [3.63, 3.8) is 0 Å². The largest absolute Gasteiger partial charge is 0.394 e. The molecule has 2 N–H and O–H groups in total. The van der Waals surface area contributed by atoms with E-state index in [0.29, 0.717) is 29.4 Å². The number of likely N-dealkylation sites (N-methyl/N-ethyl adjacent to an activating group) is 1. The Hall–Kier alpha value is -3.10. The molecular weight excluding hydrogens is 537 g/mol. The summed E-state index contributed by atoms with van der Waals surface area (Å²) in [6.45, 7) is 4.54. The van der Waals surface area contributed by atoms with Gasteiger partial charge < -0.3 is 25.0 Å². The third kappa shape index (κ3) is 6.56. The van der Waals surface area contributed by atoms with Gasteiger partial charge in [0.15, 0.2) is 0 Å². The molecule has 0 saturated carbocycles. The fourth-order valence-corrected chi connectivity index (χ4v) is 5.06. The highest BCUT2D eigenvalue weighted by molar-refractivity contribution is 6.43. The number of aliphatic hydroxyl groups is 1. The van der Waals surface area contributed by atoms with Crippen LogP contribution in [-0.2, 0) is 11.3 Å². The summed E-state index contributed by atoms with van der Waals surface area (Å²) in [6, 6.07) is 19.6. The molecule has 0 bridgehead atoms. The number of hydrogen-bond donors (Lipinski definition) is 2. The fraction of sp³-hybridized carbons (Fsp3) is 0.333. The van der Waals surface area contributed by atoms with E-state index in [2.05, 4.69) is 5.32 Å². The van der Waals surface area contributed by atoms with E-state index in [1.165, 1.54) is 4.90 Å². The van der Waals surface area contributed by atoms with Gasteiger partial charge in [-0.05, 0) is 41.8 Å². The highest BCUT2D eigenvalue weighted by Crippen LogP contribution is 2.32. The normalized spacial score (nSPS) is 18.4. The lowest BCUT2D eigenvalue weighted by molar-refractivity contribution is -0.0178. The molecule has 0 saturated heterocycles. The Bertz CT molecular complexity index is 1340. The summed E-state index contributed by atoms with van der Waals surface area (Å²) in [7, 11) is 1.68. The first-order valence-electron chi connectivity index (χ1n) is 12.9. The van der Waals surface area contributed by atoms with Gasteiger partial charge >= 0.3 is 6.03 Å². The van der Waals surface area contributed by atoms with Crippen LogP contribution in [-0.4, -0.2) is 65.7 Å². The van der Waals surface area contributed by atoms with Gasteiger partial charge in [-0.2, -0.15) is 0 Å².